The normalized spacial score (nSPS) is 12.1. The molecule has 0 atom stereocenters. The lowest BCUT2D eigenvalue weighted by atomic mass is 10.1. The zero-order valence-corrected chi connectivity index (χ0v) is 13.3. The molecule has 0 saturated carbocycles. The average molecular weight is 334 g/mol. The van der Waals surface area contributed by atoms with Crippen LogP contribution in [0.4, 0.5) is 13.2 Å². The van der Waals surface area contributed by atoms with E-state index in [0.29, 0.717) is 0 Å². The quantitative estimate of drug-likeness (QED) is 0.552. The van der Waals surface area contributed by atoms with Gasteiger partial charge in [-0.05, 0) is 32.9 Å². The Morgan fingerprint density at radius 3 is 2.43 bits per heavy atom. The Morgan fingerprint density at radius 1 is 1.26 bits per heavy atom. The number of aliphatic hydroxyl groups excluding tert-OH is 1. The first-order chi connectivity index (χ1) is 10.6. The number of alkyl halides is 3. The smallest absolute Gasteiger partial charge is 0.419 e. The summed E-state index contributed by atoms with van der Waals surface area (Å²) in [6.45, 7) is 5.02. The second kappa shape index (κ2) is 7.65. The van der Waals surface area contributed by atoms with E-state index in [-0.39, 0.29) is 25.2 Å². The molecule has 0 saturated heterocycles. The van der Waals surface area contributed by atoms with Gasteiger partial charge in [0, 0.05) is 18.6 Å². The minimum atomic E-state index is -4.65. The molecule has 0 aliphatic heterocycles. The summed E-state index contributed by atoms with van der Waals surface area (Å²) >= 11 is 0. The molecule has 5 nitrogen and oxygen atoms in total. The molecule has 0 bridgehead atoms. The van der Waals surface area contributed by atoms with E-state index in [4.69, 9.17) is 9.84 Å². The van der Waals surface area contributed by atoms with Crippen molar-refractivity contribution in [1.29, 1.82) is 0 Å². The summed E-state index contributed by atoms with van der Waals surface area (Å²) in [5, 5.41) is 8.73. The number of carbonyl (C=O) groups is 1. The molecule has 0 fully saturated rings. The second-order valence-corrected chi connectivity index (χ2v) is 5.93. The number of halogens is 3. The Bertz CT molecular complexity index is 540. The number of ether oxygens (including phenoxy) is 1. The zero-order chi connectivity index (χ0) is 17.7. The maximum absolute atomic E-state index is 13.1. The first-order valence-electron chi connectivity index (χ1n) is 7.07. The van der Waals surface area contributed by atoms with Crippen LogP contribution in [0.1, 0.15) is 43.1 Å². The molecule has 0 spiro atoms. The monoisotopic (exact) mass is 334 g/mol. The Kier molecular flexibility index (Phi) is 6.40. The van der Waals surface area contributed by atoms with Crippen molar-refractivity contribution >= 4 is 5.91 Å². The number of amides is 1. The summed E-state index contributed by atoms with van der Waals surface area (Å²) < 4.78 is 44.4. The van der Waals surface area contributed by atoms with Gasteiger partial charge in [0.25, 0.3) is 5.91 Å². The van der Waals surface area contributed by atoms with Gasteiger partial charge in [-0.15, -0.1) is 0 Å². The topological polar surface area (TPSA) is 70.6 Å². The zero-order valence-electron chi connectivity index (χ0n) is 13.3. The minimum absolute atomic E-state index is 0.128. The fourth-order valence-corrected chi connectivity index (χ4v) is 1.64. The fourth-order valence-electron chi connectivity index (χ4n) is 1.64. The van der Waals surface area contributed by atoms with Gasteiger partial charge in [0.1, 0.15) is 5.75 Å². The van der Waals surface area contributed by atoms with Crippen LogP contribution in [-0.2, 0) is 6.18 Å². The fraction of sp³-hybridized carbons (Fsp3) is 0.533. The first-order valence-corrected chi connectivity index (χ1v) is 7.07. The predicted molar refractivity (Wildman–Crippen MR) is 79.0 cm³/mol. The molecule has 23 heavy (non-hydrogen) atoms. The maximum atomic E-state index is 13.1. The number of hydrogen-bond acceptors (Lipinski definition) is 4. The number of benzene rings is 1. The van der Waals surface area contributed by atoms with E-state index >= 15 is 0 Å². The van der Waals surface area contributed by atoms with Crippen molar-refractivity contribution in [1.82, 2.24) is 10.9 Å². The van der Waals surface area contributed by atoms with E-state index in [0.717, 1.165) is 12.1 Å². The van der Waals surface area contributed by atoms with Crippen molar-refractivity contribution in [2.75, 3.05) is 13.2 Å². The number of rotatable bonds is 6. The third-order valence-electron chi connectivity index (χ3n) is 2.66. The summed E-state index contributed by atoms with van der Waals surface area (Å²) in [7, 11) is 0. The van der Waals surface area contributed by atoms with Crippen LogP contribution in [-0.4, -0.2) is 29.8 Å². The van der Waals surface area contributed by atoms with Crippen molar-refractivity contribution in [3.05, 3.63) is 29.3 Å². The van der Waals surface area contributed by atoms with Crippen LogP contribution in [0.2, 0.25) is 0 Å². The summed E-state index contributed by atoms with van der Waals surface area (Å²) in [5.41, 5.74) is 3.35. The van der Waals surface area contributed by atoms with E-state index in [1.807, 2.05) is 0 Å². The van der Waals surface area contributed by atoms with Crippen molar-refractivity contribution in [3.8, 4) is 5.75 Å². The molecule has 0 aliphatic rings. The van der Waals surface area contributed by atoms with Gasteiger partial charge in [0.15, 0.2) is 0 Å². The second-order valence-electron chi connectivity index (χ2n) is 5.93. The third-order valence-corrected chi connectivity index (χ3v) is 2.66. The molecule has 1 amide bonds. The molecule has 0 unspecified atom stereocenters. The average Bonchev–Trinajstić information content (AvgIpc) is 2.43. The molecule has 130 valence electrons. The van der Waals surface area contributed by atoms with Gasteiger partial charge in [0.05, 0.1) is 17.7 Å². The van der Waals surface area contributed by atoms with Crippen molar-refractivity contribution in [2.45, 2.75) is 38.9 Å². The molecule has 0 heterocycles. The number of carbonyl (C=O) groups excluding carboxylic acids is 1. The molecule has 1 aromatic carbocycles. The van der Waals surface area contributed by atoms with Gasteiger partial charge < -0.3 is 9.84 Å². The van der Waals surface area contributed by atoms with E-state index in [1.165, 1.54) is 6.07 Å². The Hall–Kier alpha value is -1.80. The van der Waals surface area contributed by atoms with Crippen LogP contribution in [0, 0.1) is 0 Å². The minimum Gasteiger partial charge on any atom is -0.492 e. The number of hydrazine groups is 1. The lowest BCUT2D eigenvalue weighted by molar-refractivity contribution is -0.139. The van der Waals surface area contributed by atoms with Crippen LogP contribution >= 0.6 is 0 Å². The van der Waals surface area contributed by atoms with E-state index in [2.05, 4.69) is 10.9 Å². The predicted octanol–water partition coefficient (Wildman–Crippen LogP) is 2.50. The number of nitrogens with one attached hydrogen (secondary N) is 2. The highest BCUT2D eigenvalue weighted by Gasteiger charge is 2.36. The summed E-state index contributed by atoms with van der Waals surface area (Å²) in [5.74, 6) is -1.27. The molecule has 1 rings (SSSR count). The van der Waals surface area contributed by atoms with Gasteiger partial charge in [-0.1, -0.05) is 6.07 Å². The molecule has 3 N–H and O–H groups in total. The molecule has 0 aliphatic carbocycles. The number of para-hydroxylation sites is 1. The van der Waals surface area contributed by atoms with E-state index < -0.39 is 28.9 Å². The van der Waals surface area contributed by atoms with Crippen molar-refractivity contribution in [3.63, 3.8) is 0 Å². The van der Waals surface area contributed by atoms with Gasteiger partial charge in [-0.25, -0.2) is 5.43 Å². The Labute approximate surface area is 132 Å². The lowest BCUT2D eigenvalue weighted by Gasteiger charge is -2.22. The van der Waals surface area contributed by atoms with Crippen LogP contribution in [0.25, 0.3) is 0 Å². The summed E-state index contributed by atoms with van der Waals surface area (Å²) in [6.07, 6.45) is -4.49. The van der Waals surface area contributed by atoms with Crippen molar-refractivity contribution in [2.24, 2.45) is 0 Å². The van der Waals surface area contributed by atoms with Gasteiger partial charge in [-0.2, -0.15) is 13.2 Å². The maximum Gasteiger partial charge on any atom is 0.419 e. The molecular formula is C15H21F3N2O3. The van der Waals surface area contributed by atoms with Gasteiger partial charge >= 0.3 is 6.18 Å². The van der Waals surface area contributed by atoms with Crippen LogP contribution < -0.4 is 15.6 Å². The molecular weight excluding hydrogens is 313 g/mol. The largest absolute Gasteiger partial charge is 0.492 e. The van der Waals surface area contributed by atoms with E-state index in [1.54, 1.807) is 20.8 Å². The molecule has 1 aromatic rings. The van der Waals surface area contributed by atoms with Crippen LogP contribution in [0.5, 0.6) is 5.75 Å². The summed E-state index contributed by atoms with van der Waals surface area (Å²) in [6, 6.07) is 3.25. The molecule has 0 aromatic heterocycles. The Morgan fingerprint density at radius 2 is 1.91 bits per heavy atom. The number of hydrogen-bond donors (Lipinski definition) is 3. The highest BCUT2D eigenvalue weighted by atomic mass is 19.4. The Balaban J connectivity index is 3.11. The van der Waals surface area contributed by atoms with Gasteiger partial charge in [0.2, 0.25) is 0 Å². The SMILES string of the molecule is CC(C)(C)NNC(=O)c1cccc(C(F)(F)F)c1OCCCO. The number of aliphatic hydroxyl groups is 1. The molecule has 8 heteroatoms. The van der Waals surface area contributed by atoms with Crippen molar-refractivity contribution < 1.29 is 27.8 Å². The van der Waals surface area contributed by atoms with Gasteiger partial charge in [-0.3, -0.25) is 10.2 Å². The highest BCUT2D eigenvalue weighted by Crippen LogP contribution is 2.38. The van der Waals surface area contributed by atoms with Crippen LogP contribution in [0.3, 0.4) is 0 Å². The van der Waals surface area contributed by atoms with Crippen LogP contribution in [0.15, 0.2) is 18.2 Å². The lowest BCUT2D eigenvalue weighted by Crippen LogP contribution is -2.48. The van der Waals surface area contributed by atoms with E-state index in [9.17, 15) is 18.0 Å². The first kappa shape index (κ1) is 19.2. The summed E-state index contributed by atoms with van der Waals surface area (Å²) in [4.78, 5) is 12.2. The standard InChI is InChI=1S/C15H21F3N2O3/c1-14(2,3)20-19-13(22)10-6-4-7-11(15(16,17)18)12(10)23-9-5-8-21/h4,6-7,20-21H,5,8-9H2,1-3H3,(H,19,22). The molecule has 0 radical (unpaired) electrons. The third kappa shape index (κ3) is 6.07. The highest BCUT2D eigenvalue weighted by molar-refractivity contribution is 5.97.